The molecule has 0 spiro atoms. The zero-order valence-corrected chi connectivity index (χ0v) is 29.1. The zero-order chi connectivity index (χ0) is 35.6. The second-order valence-corrected chi connectivity index (χ2v) is 13.8. The molecule has 10 aromatic rings. The standard InChI is InChI=1S/C49H32N4O/c1-4-16-31(17-5-1)39-28-34-22-10-11-23-36(34)46-45(39)37-24-12-14-26-41(37)53(46)35-29-40(44-38-25-13-15-27-42(38)54-43(44)30-35)49-51-47(32-18-6-2-7-19-32)50-48(52-49)33-20-8-3-9-21-33/h1-30,47H,(H,50,51,52). The Morgan fingerprint density at radius 1 is 0.519 bits per heavy atom. The predicted octanol–water partition coefficient (Wildman–Crippen LogP) is 12.0. The second-order valence-electron chi connectivity index (χ2n) is 13.8. The van der Waals surface area contributed by atoms with Crippen LogP contribution in [0.25, 0.3) is 71.3 Å². The first-order valence-electron chi connectivity index (χ1n) is 18.3. The van der Waals surface area contributed by atoms with E-state index in [9.17, 15) is 0 Å². The molecule has 5 nitrogen and oxygen atoms in total. The average Bonchev–Trinajstić information content (AvgIpc) is 3.80. The Morgan fingerprint density at radius 3 is 1.96 bits per heavy atom. The number of hydrogen-bond acceptors (Lipinski definition) is 4. The summed E-state index contributed by atoms with van der Waals surface area (Å²) in [6.07, 6.45) is -0.337. The van der Waals surface area contributed by atoms with Gasteiger partial charge < -0.3 is 14.3 Å². The smallest absolute Gasteiger partial charge is 0.160 e. The SMILES string of the molecule is c1ccc(C2=NC(c3cc(-n4c5ccccc5c5c(-c6ccccc6)cc6ccccc6c54)cc4oc5ccccc5c34)=NC(c3ccccc3)N2)cc1. The van der Waals surface area contributed by atoms with Crippen LogP contribution in [-0.2, 0) is 0 Å². The van der Waals surface area contributed by atoms with Gasteiger partial charge in [0.1, 0.15) is 23.2 Å². The van der Waals surface area contributed by atoms with Gasteiger partial charge in [-0.2, -0.15) is 0 Å². The molecule has 2 aromatic heterocycles. The molecule has 0 amide bonds. The normalized spacial score (nSPS) is 14.5. The predicted molar refractivity (Wildman–Crippen MR) is 223 cm³/mol. The van der Waals surface area contributed by atoms with Gasteiger partial charge in [-0.15, -0.1) is 0 Å². The van der Waals surface area contributed by atoms with E-state index in [1.807, 2.05) is 36.4 Å². The molecule has 1 atom stereocenters. The van der Waals surface area contributed by atoms with Crippen molar-refractivity contribution in [3.63, 3.8) is 0 Å². The summed E-state index contributed by atoms with van der Waals surface area (Å²) >= 11 is 0. The van der Waals surface area contributed by atoms with E-state index in [2.05, 4.69) is 155 Å². The summed E-state index contributed by atoms with van der Waals surface area (Å²) in [4.78, 5) is 10.6. The lowest BCUT2D eigenvalue weighted by atomic mass is 9.95. The van der Waals surface area contributed by atoms with E-state index < -0.39 is 0 Å². The molecule has 1 aliphatic heterocycles. The maximum absolute atomic E-state index is 6.72. The largest absolute Gasteiger partial charge is 0.456 e. The molecule has 8 aromatic carbocycles. The van der Waals surface area contributed by atoms with Crippen molar-refractivity contribution < 1.29 is 4.42 Å². The van der Waals surface area contributed by atoms with E-state index >= 15 is 0 Å². The maximum atomic E-state index is 6.72. The highest BCUT2D eigenvalue weighted by atomic mass is 16.3. The van der Waals surface area contributed by atoms with E-state index in [1.54, 1.807) is 0 Å². The lowest BCUT2D eigenvalue weighted by Gasteiger charge is -2.24. The van der Waals surface area contributed by atoms with Crippen molar-refractivity contribution in [1.29, 1.82) is 0 Å². The zero-order valence-electron chi connectivity index (χ0n) is 29.1. The Morgan fingerprint density at radius 2 is 1.17 bits per heavy atom. The Kier molecular flexibility index (Phi) is 6.85. The van der Waals surface area contributed by atoms with Gasteiger partial charge in [0.25, 0.3) is 0 Å². The molecule has 54 heavy (non-hydrogen) atoms. The summed E-state index contributed by atoms with van der Waals surface area (Å²) in [5, 5.41) is 10.4. The minimum Gasteiger partial charge on any atom is -0.456 e. The minimum absolute atomic E-state index is 0.337. The number of nitrogens with zero attached hydrogens (tertiary/aromatic N) is 3. The number of fused-ring (bicyclic) bond motifs is 8. The maximum Gasteiger partial charge on any atom is 0.160 e. The van der Waals surface area contributed by atoms with Crippen LogP contribution in [0.1, 0.15) is 22.9 Å². The third-order valence-corrected chi connectivity index (χ3v) is 10.6. The number of furan rings is 1. The third kappa shape index (κ3) is 4.79. The molecular formula is C49H32N4O. The summed E-state index contributed by atoms with van der Waals surface area (Å²) in [7, 11) is 0. The van der Waals surface area contributed by atoms with E-state index in [4.69, 9.17) is 14.4 Å². The van der Waals surface area contributed by atoms with Crippen molar-refractivity contribution in [3.05, 3.63) is 199 Å². The van der Waals surface area contributed by atoms with E-state index in [0.29, 0.717) is 5.84 Å². The number of benzene rings is 8. The van der Waals surface area contributed by atoms with Gasteiger partial charge >= 0.3 is 0 Å². The van der Waals surface area contributed by atoms with Gasteiger partial charge in [0.05, 0.1) is 16.7 Å². The van der Waals surface area contributed by atoms with E-state index in [-0.39, 0.29) is 6.17 Å². The highest BCUT2D eigenvalue weighted by Gasteiger charge is 2.26. The van der Waals surface area contributed by atoms with Crippen molar-refractivity contribution in [2.75, 3.05) is 0 Å². The molecule has 0 fully saturated rings. The van der Waals surface area contributed by atoms with Crippen LogP contribution >= 0.6 is 0 Å². The Labute approximate surface area is 311 Å². The van der Waals surface area contributed by atoms with Crippen LogP contribution in [0, 0.1) is 0 Å². The molecule has 0 bridgehead atoms. The Hall–Kier alpha value is -7.24. The molecule has 11 rings (SSSR count). The molecule has 0 aliphatic carbocycles. The molecule has 3 heterocycles. The number of aromatic nitrogens is 1. The molecule has 5 heteroatoms. The molecule has 1 N–H and O–H groups in total. The van der Waals surface area contributed by atoms with Gasteiger partial charge in [0.2, 0.25) is 0 Å². The summed E-state index contributed by atoms with van der Waals surface area (Å²) in [6, 6.07) is 63.8. The molecular weight excluding hydrogens is 661 g/mol. The van der Waals surface area contributed by atoms with Gasteiger partial charge in [0, 0.05) is 44.1 Å². The fraction of sp³-hybridized carbons (Fsp3) is 0.0204. The van der Waals surface area contributed by atoms with Gasteiger partial charge in [-0.1, -0.05) is 152 Å². The van der Waals surface area contributed by atoms with Crippen molar-refractivity contribution in [2.45, 2.75) is 6.17 Å². The van der Waals surface area contributed by atoms with E-state index in [1.165, 1.54) is 32.7 Å². The first kappa shape index (κ1) is 30.4. The number of aliphatic imine (C=N–C) groups is 2. The molecule has 0 radical (unpaired) electrons. The van der Waals surface area contributed by atoms with Gasteiger partial charge in [0.15, 0.2) is 5.84 Å². The lowest BCUT2D eigenvalue weighted by molar-refractivity contribution is 0.668. The van der Waals surface area contributed by atoms with Gasteiger partial charge in [-0.05, 0) is 46.3 Å². The fourth-order valence-corrected chi connectivity index (χ4v) is 8.21. The lowest BCUT2D eigenvalue weighted by Crippen LogP contribution is -2.33. The summed E-state index contributed by atoms with van der Waals surface area (Å²) in [6.45, 7) is 0. The molecule has 0 saturated heterocycles. The van der Waals surface area contributed by atoms with Crippen LogP contribution in [0.15, 0.2) is 196 Å². The number of nitrogens with one attached hydrogen (secondary N) is 1. The number of hydrogen-bond donors (Lipinski definition) is 1. The van der Waals surface area contributed by atoms with Gasteiger partial charge in [-0.25, -0.2) is 9.98 Å². The summed E-state index contributed by atoms with van der Waals surface area (Å²) in [5.74, 6) is 1.42. The molecule has 1 unspecified atom stereocenters. The van der Waals surface area contributed by atoms with Crippen LogP contribution in [0.4, 0.5) is 0 Å². The Bertz CT molecular complexity index is 3120. The third-order valence-electron chi connectivity index (χ3n) is 10.6. The minimum atomic E-state index is -0.337. The second kappa shape index (κ2) is 12.2. The number of rotatable bonds is 5. The quantitative estimate of drug-likeness (QED) is 0.195. The molecule has 254 valence electrons. The van der Waals surface area contributed by atoms with E-state index in [0.717, 1.165) is 61.2 Å². The van der Waals surface area contributed by atoms with Crippen molar-refractivity contribution >= 4 is 66.2 Å². The van der Waals surface area contributed by atoms with Crippen molar-refractivity contribution in [2.24, 2.45) is 9.98 Å². The van der Waals surface area contributed by atoms with Crippen LogP contribution in [0.2, 0.25) is 0 Å². The highest BCUT2D eigenvalue weighted by molar-refractivity contribution is 6.25. The molecule has 0 saturated carbocycles. The first-order chi connectivity index (χ1) is 26.8. The monoisotopic (exact) mass is 692 g/mol. The van der Waals surface area contributed by atoms with Gasteiger partial charge in [-0.3, -0.25) is 0 Å². The van der Waals surface area contributed by atoms with Crippen LogP contribution in [0.5, 0.6) is 0 Å². The first-order valence-corrected chi connectivity index (χ1v) is 18.3. The number of para-hydroxylation sites is 2. The highest BCUT2D eigenvalue weighted by Crippen LogP contribution is 2.44. The summed E-state index contributed by atoms with van der Waals surface area (Å²) < 4.78 is 9.13. The average molecular weight is 693 g/mol. The molecule has 1 aliphatic rings. The summed E-state index contributed by atoms with van der Waals surface area (Å²) in [5.41, 5.74) is 10.2. The number of amidine groups is 2. The van der Waals surface area contributed by atoms with Crippen LogP contribution < -0.4 is 5.32 Å². The van der Waals surface area contributed by atoms with Crippen molar-refractivity contribution in [1.82, 2.24) is 9.88 Å². The fourth-order valence-electron chi connectivity index (χ4n) is 8.21. The van der Waals surface area contributed by atoms with Crippen molar-refractivity contribution in [3.8, 4) is 16.8 Å². The van der Waals surface area contributed by atoms with Crippen LogP contribution in [0.3, 0.4) is 0 Å². The Balaban J connectivity index is 1.26. The van der Waals surface area contributed by atoms with Crippen LogP contribution in [-0.4, -0.2) is 16.2 Å². The topological polar surface area (TPSA) is 54.8 Å².